The van der Waals surface area contributed by atoms with Gasteiger partial charge in [0.25, 0.3) is 0 Å². The maximum atomic E-state index is 13.0. The van der Waals surface area contributed by atoms with Crippen LogP contribution in [-0.2, 0) is 10.5 Å². The molecule has 3 aromatic rings. The summed E-state index contributed by atoms with van der Waals surface area (Å²) >= 11 is 1.65. The fourth-order valence-corrected chi connectivity index (χ4v) is 6.44. The van der Waals surface area contributed by atoms with Crippen molar-refractivity contribution in [1.29, 1.82) is 0 Å². The Morgan fingerprint density at radius 3 is 3.20 bits per heavy atom. The van der Waals surface area contributed by atoms with Gasteiger partial charge < -0.3 is 5.32 Å². The summed E-state index contributed by atoms with van der Waals surface area (Å²) in [6.45, 7) is 0. The molecule has 6 rings (SSSR count). The molecule has 2 heterocycles. The zero-order valence-electron chi connectivity index (χ0n) is 16.5. The largest absolute Gasteiger partial charge is 0.326 e. The predicted molar refractivity (Wildman–Crippen MR) is 117 cm³/mol. The standard InChI is InChI=1S/C23H23N5OS/c29-21(15-8-16-4-2-5-17-10-23(16,17)9-15)27-18-6-1-3-14(7-18)12-30-22-19-11-26-28-20(19)24-13-25-22/h1-4,6-7,11,13,15-17H,5,8-10,12H2,(H,27,29)(H,24,25,26,28). The number of aromatic nitrogens is 4. The normalized spacial score (nSPS) is 28.9. The smallest absolute Gasteiger partial charge is 0.227 e. The Hall–Kier alpha value is -2.67. The van der Waals surface area contributed by atoms with E-state index in [0.717, 1.165) is 51.8 Å². The third-order valence-corrected chi connectivity index (χ3v) is 8.20. The summed E-state index contributed by atoms with van der Waals surface area (Å²) in [6.07, 6.45) is 12.6. The van der Waals surface area contributed by atoms with Crippen molar-refractivity contribution in [2.75, 3.05) is 5.32 Å². The van der Waals surface area contributed by atoms with E-state index >= 15 is 0 Å². The number of anilines is 1. The Morgan fingerprint density at radius 1 is 1.30 bits per heavy atom. The predicted octanol–water partition coefficient (Wildman–Crippen LogP) is 4.58. The van der Waals surface area contributed by atoms with Crippen LogP contribution in [0.4, 0.5) is 5.69 Å². The molecule has 3 aliphatic carbocycles. The van der Waals surface area contributed by atoms with Crippen molar-refractivity contribution in [2.45, 2.75) is 36.5 Å². The fraction of sp³-hybridized carbons (Fsp3) is 0.391. The first kappa shape index (κ1) is 18.1. The van der Waals surface area contributed by atoms with E-state index in [9.17, 15) is 4.79 Å². The monoisotopic (exact) mass is 417 g/mol. The van der Waals surface area contributed by atoms with Crippen LogP contribution in [0.25, 0.3) is 11.0 Å². The van der Waals surface area contributed by atoms with Gasteiger partial charge in [-0.1, -0.05) is 24.3 Å². The molecule has 0 bridgehead atoms. The number of rotatable bonds is 5. The van der Waals surface area contributed by atoms with Crippen LogP contribution in [0.5, 0.6) is 0 Å². The number of carbonyl (C=O) groups excluding carboxylic acids is 1. The van der Waals surface area contributed by atoms with E-state index in [1.54, 1.807) is 24.3 Å². The number of carbonyl (C=O) groups is 1. The van der Waals surface area contributed by atoms with Gasteiger partial charge in [0, 0.05) is 17.4 Å². The molecule has 7 heteroatoms. The molecule has 0 aliphatic heterocycles. The zero-order chi connectivity index (χ0) is 20.1. The minimum absolute atomic E-state index is 0.135. The zero-order valence-corrected chi connectivity index (χ0v) is 17.4. The first-order chi connectivity index (χ1) is 14.7. The molecule has 1 spiro atoms. The number of nitrogens with zero attached hydrogens (tertiary/aromatic N) is 3. The van der Waals surface area contributed by atoms with Gasteiger partial charge in [0.15, 0.2) is 5.65 Å². The van der Waals surface area contributed by atoms with E-state index in [0.29, 0.717) is 11.3 Å². The Morgan fingerprint density at radius 2 is 2.27 bits per heavy atom. The Kier molecular flexibility index (Phi) is 4.19. The van der Waals surface area contributed by atoms with Gasteiger partial charge in [-0.3, -0.25) is 9.89 Å². The average Bonchev–Trinajstić information content (AvgIpc) is 3.10. The van der Waals surface area contributed by atoms with Crippen molar-refractivity contribution in [3.8, 4) is 0 Å². The van der Waals surface area contributed by atoms with Crippen molar-refractivity contribution >= 4 is 34.4 Å². The Balaban J connectivity index is 1.12. The topological polar surface area (TPSA) is 83.6 Å². The molecule has 2 saturated carbocycles. The number of allylic oxidation sites excluding steroid dienone is 2. The lowest BCUT2D eigenvalue weighted by molar-refractivity contribution is -0.119. The number of aromatic amines is 1. The van der Waals surface area contributed by atoms with E-state index in [2.05, 4.69) is 49.8 Å². The summed E-state index contributed by atoms with van der Waals surface area (Å²) in [5.74, 6) is 2.52. The summed E-state index contributed by atoms with van der Waals surface area (Å²) in [7, 11) is 0. The van der Waals surface area contributed by atoms with Gasteiger partial charge in [0.05, 0.1) is 11.6 Å². The maximum Gasteiger partial charge on any atom is 0.227 e. The third kappa shape index (κ3) is 3.03. The molecule has 1 aromatic carbocycles. The summed E-state index contributed by atoms with van der Waals surface area (Å²) in [6, 6.07) is 8.13. The van der Waals surface area contributed by atoms with Gasteiger partial charge in [0.2, 0.25) is 5.91 Å². The van der Waals surface area contributed by atoms with E-state index in [-0.39, 0.29) is 11.8 Å². The summed E-state index contributed by atoms with van der Waals surface area (Å²) < 4.78 is 0. The number of thioether (sulfide) groups is 1. The molecular formula is C23H23N5OS. The summed E-state index contributed by atoms with van der Waals surface area (Å²) in [5.41, 5.74) is 3.23. The van der Waals surface area contributed by atoms with Crippen LogP contribution in [0.1, 0.15) is 31.2 Å². The van der Waals surface area contributed by atoms with E-state index in [1.165, 1.54) is 12.8 Å². The second-order valence-corrected chi connectivity index (χ2v) is 9.79. The lowest BCUT2D eigenvalue weighted by Gasteiger charge is -2.19. The van der Waals surface area contributed by atoms with E-state index in [4.69, 9.17) is 0 Å². The number of amides is 1. The molecule has 4 atom stereocenters. The van der Waals surface area contributed by atoms with Crippen LogP contribution >= 0.6 is 11.8 Å². The molecule has 0 saturated heterocycles. The molecule has 0 radical (unpaired) electrons. The van der Waals surface area contributed by atoms with Crippen molar-refractivity contribution in [2.24, 2.45) is 23.2 Å². The number of nitrogens with one attached hydrogen (secondary N) is 2. The molecule has 2 fully saturated rings. The summed E-state index contributed by atoms with van der Waals surface area (Å²) in [5, 5.41) is 11.9. The molecular weight excluding hydrogens is 394 g/mol. The van der Waals surface area contributed by atoms with Gasteiger partial charge in [-0.15, -0.1) is 11.8 Å². The van der Waals surface area contributed by atoms with Crippen LogP contribution in [0.15, 0.2) is 54.0 Å². The highest BCUT2D eigenvalue weighted by Crippen LogP contribution is 2.70. The van der Waals surface area contributed by atoms with Crippen molar-refractivity contribution in [3.63, 3.8) is 0 Å². The minimum atomic E-state index is 0.135. The molecule has 6 nitrogen and oxygen atoms in total. The number of benzene rings is 1. The minimum Gasteiger partial charge on any atom is -0.326 e. The van der Waals surface area contributed by atoms with Crippen LogP contribution in [0.3, 0.4) is 0 Å². The highest BCUT2D eigenvalue weighted by Gasteiger charge is 2.63. The lowest BCUT2D eigenvalue weighted by Crippen LogP contribution is -2.21. The maximum absolute atomic E-state index is 13.0. The van der Waals surface area contributed by atoms with Gasteiger partial charge >= 0.3 is 0 Å². The SMILES string of the molecule is O=C(Nc1cccc(CSc2ncnc3[nH]ncc23)c1)C1CC2C=CCC3CC23C1. The number of hydrogen-bond donors (Lipinski definition) is 2. The molecule has 4 unspecified atom stereocenters. The summed E-state index contributed by atoms with van der Waals surface area (Å²) in [4.78, 5) is 21.5. The Bertz CT molecular complexity index is 1160. The van der Waals surface area contributed by atoms with Gasteiger partial charge in [-0.2, -0.15) is 5.10 Å². The fourth-order valence-electron chi connectivity index (χ4n) is 5.53. The van der Waals surface area contributed by atoms with Crippen molar-refractivity contribution < 1.29 is 4.79 Å². The quantitative estimate of drug-likeness (QED) is 0.361. The molecule has 30 heavy (non-hydrogen) atoms. The van der Waals surface area contributed by atoms with Crippen LogP contribution < -0.4 is 5.32 Å². The van der Waals surface area contributed by atoms with E-state index < -0.39 is 0 Å². The van der Waals surface area contributed by atoms with Crippen LogP contribution in [-0.4, -0.2) is 26.1 Å². The molecule has 2 aromatic heterocycles. The number of H-pyrrole nitrogens is 1. The second kappa shape index (κ2) is 6.94. The average molecular weight is 418 g/mol. The number of fused-ring (bicyclic) bond motifs is 1. The molecule has 2 N–H and O–H groups in total. The Labute approximate surface area is 179 Å². The molecule has 152 valence electrons. The van der Waals surface area contributed by atoms with Gasteiger partial charge in [0.1, 0.15) is 11.4 Å². The number of hydrogen-bond acceptors (Lipinski definition) is 5. The van der Waals surface area contributed by atoms with Crippen LogP contribution in [0, 0.1) is 23.2 Å². The van der Waals surface area contributed by atoms with Crippen molar-refractivity contribution in [3.05, 3.63) is 54.5 Å². The second-order valence-electron chi connectivity index (χ2n) is 8.83. The lowest BCUT2D eigenvalue weighted by atomic mass is 9.85. The molecule has 3 aliphatic rings. The van der Waals surface area contributed by atoms with Gasteiger partial charge in [-0.25, -0.2) is 9.97 Å². The van der Waals surface area contributed by atoms with E-state index in [1.807, 2.05) is 12.1 Å². The third-order valence-electron chi connectivity index (χ3n) is 7.12. The highest BCUT2D eigenvalue weighted by molar-refractivity contribution is 7.98. The first-order valence-electron chi connectivity index (χ1n) is 10.5. The van der Waals surface area contributed by atoms with Gasteiger partial charge in [-0.05, 0) is 60.6 Å². The molecule has 1 amide bonds. The first-order valence-corrected chi connectivity index (χ1v) is 11.5. The highest BCUT2D eigenvalue weighted by atomic mass is 32.2. The van der Waals surface area contributed by atoms with Crippen LogP contribution in [0.2, 0.25) is 0 Å². The van der Waals surface area contributed by atoms with Crippen molar-refractivity contribution in [1.82, 2.24) is 20.2 Å².